The number of hydrogen-bond donors (Lipinski definition) is 4. The van der Waals surface area contributed by atoms with Crippen molar-refractivity contribution in [2.45, 2.75) is 19.3 Å². The van der Waals surface area contributed by atoms with E-state index in [0.717, 1.165) is 18.9 Å². The van der Waals surface area contributed by atoms with Crippen molar-refractivity contribution in [1.29, 1.82) is 0 Å². The van der Waals surface area contributed by atoms with E-state index >= 15 is 0 Å². The van der Waals surface area contributed by atoms with Crippen molar-refractivity contribution in [1.82, 2.24) is 5.32 Å². The van der Waals surface area contributed by atoms with Crippen LogP contribution in [0.3, 0.4) is 0 Å². The van der Waals surface area contributed by atoms with Crippen LogP contribution in [0.25, 0.3) is 0 Å². The van der Waals surface area contributed by atoms with Gasteiger partial charge in [0.2, 0.25) is 0 Å². The third kappa shape index (κ3) is 3.20. The monoisotopic (exact) mass is 279 g/mol. The highest BCUT2D eigenvalue weighted by Gasteiger charge is 2.32. The van der Waals surface area contributed by atoms with E-state index in [0.29, 0.717) is 6.42 Å². The number of phenolic OH excluding ortho intramolecular Hbond substituents is 2. The maximum Gasteiger partial charge on any atom is 0.306 e. The maximum absolute atomic E-state index is 11.9. The lowest BCUT2D eigenvalue weighted by atomic mass is 9.96. The van der Waals surface area contributed by atoms with Gasteiger partial charge in [-0.1, -0.05) is 6.42 Å². The average molecular weight is 279 g/mol. The predicted octanol–water partition coefficient (Wildman–Crippen LogP) is 1.33. The fourth-order valence-electron chi connectivity index (χ4n) is 2.66. The van der Waals surface area contributed by atoms with E-state index in [2.05, 4.69) is 5.32 Å². The Labute approximate surface area is 116 Å². The average Bonchev–Trinajstić information content (AvgIpc) is 2.83. The standard InChI is InChI=1S/C14H17NO5/c16-10-4-9(5-11(17)6-10)13(18)15-7-8-2-1-3-12(8)14(19)20/h4-6,8,12,16-17H,1-3,7H2,(H,15,18)(H,19,20). The summed E-state index contributed by atoms with van der Waals surface area (Å²) in [5.74, 6) is -2.13. The molecule has 4 N–H and O–H groups in total. The first-order valence-electron chi connectivity index (χ1n) is 6.51. The van der Waals surface area contributed by atoms with Gasteiger partial charge in [-0.05, 0) is 30.9 Å². The van der Waals surface area contributed by atoms with E-state index in [1.54, 1.807) is 0 Å². The zero-order valence-electron chi connectivity index (χ0n) is 10.9. The predicted molar refractivity (Wildman–Crippen MR) is 70.6 cm³/mol. The largest absolute Gasteiger partial charge is 0.508 e. The van der Waals surface area contributed by atoms with Crippen molar-refractivity contribution >= 4 is 11.9 Å². The highest BCUT2D eigenvalue weighted by Crippen LogP contribution is 2.31. The molecule has 0 radical (unpaired) electrons. The molecule has 108 valence electrons. The summed E-state index contributed by atoms with van der Waals surface area (Å²) in [5.41, 5.74) is 0.146. The lowest BCUT2D eigenvalue weighted by Gasteiger charge is -2.16. The molecule has 6 nitrogen and oxygen atoms in total. The summed E-state index contributed by atoms with van der Waals surface area (Å²) in [5, 5.41) is 30.4. The highest BCUT2D eigenvalue weighted by atomic mass is 16.4. The molecule has 2 unspecified atom stereocenters. The molecule has 1 saturated carbocycles. The van der Waals surface area contributed by atoms with E-state index in [9.17, 15) is 19.8 Å². The second kappa shape index (κ2) is 5.81. The molecule has 1 aliphatic rings. The Balaban J connectivity index is 1.96. The van der Waals surface area contributed by atoms with Crippen LogP contribution < -0.4 is 5.32 Å². The first-order valence-corrected chi connectivity index (χ1v) is 6.51. The first-order chi connectivity index (χ1) is 9.47. The number of carboxylic acids is 1. The van der Waals surface area contributed by atoms with Crippen molar-refractivity contribution in [3.63, 3.8) is 0 Å². The van der Waals surface area contributed by atoms with Crippen molar-refractivity contribution in [3.8, 4) is 11.5 Å². The number of phenols is 2. The van der Waals surface area contributed by atoms with Crippen LogP contribution in [0.1, 0.15) is 29.6 Å². The van der Waals surface area contributed by atoms with Gasteiger partial charge < -0.3 is 20.6 Å². The van der Waals surface area contributed by atoms with Crippen LogP contribution in [0.4, 0.5) is 0 Å². The number of aromatic hydroxyl groups is 2. The molecule has 0 aromatic heterocycles. The van der Waals surface area contributed by atoms with Gasteiger partial charge in [-0.3, -0.25) is 9.59 Å². The Bertz CT molecular complexity index is 508. The Kier molecular flexibility index (Phi) is 4.12. The molecule has 0 spiro atoms. The Morgan fingerprint density at radius 3 is 2.40 bits per heavy atom. The molecule has 2 atom stereocenters. The zero-order valence-corrected chi connectivity index (χ0v) is 10.9. The Morgan fingerprint density at radius 2 is 1.80 bits per heavy atom. The van der Waals surface area contributed by atoms with Gasteiger partial charge in [-0.25, -0.2) is 0 Å². The minimum atomic E-state index is -0.822. The van der Waals surface area contributed by atoms with Crippen LogP contribution in [0.5, 0.6) is 11.5 Å². The molecule has 1 aromatic rings. The molecule has 20 heavy (non-hydrogen) atoms. The molecule has 0 heterocycles. The van der Waals surface area contributed by atoms with Gasteiger partial charge in [0.15, 0.2) is 0 Å². The summed E-state index contributed by atoms with van der Waals surface area (Å²) in [7, 11) is 0. The molecular formula is C14H17NO5. The van der Waals surface area contributed by atoms with Crippen LogP contribution >= 0.6 is 0 Å². The molecule has 1 amide bonds. The number of carbonyl (C=O) groups excluding carboxylic acids is 1. The molecule has 0 saturated heterocycles. The van der Waals surface area contributed by atoms with Crippen molar-refractivity contribution in [3.05, 3.63) is 23.8 Å². The second-order valence-electron chi connectivity index (χ2n) is 5.08. The van der Waals surface area contributed by atoms with Gasteiger partial charge in [0.25, 0.3) is 5.91 Å². The van der Waals surface area contributed by atoms with E-state index < -0.39 is 17.8 Å². The van der Waals surface area contributed by atoms with Gasteiger partial charge >= 0.3 is 5.97 Å². The first kappa shape index (κ1) is 14.2. The summed E-state index contributed by atoms with van der Waals surface area (Å²) in [6.45, 7) is 0.284. The number of amides is 1. The minimum absolute atomic E-state index is 0.0673. The summed E-state index contributed by atoms with van der Waals surface area (Å²) in [6.07, 6.45) is 2.27. The number of carbonyl (C=O) groups is 2. The van der Waals surface area contributed by atoms with Crippen LogP contribution in [-0.2, 0) is 4.79 Å². The maximum atomic E-state index is 11.9. The minimum Gasteiger partial charge on any atom is -0.508 e. The Hall–Kier alpha value is -2.24. The van der Waals surface area contributed by atoms with Crippen LogP contribution in [0.15, 0.2) is 18.2 Å². The summed E-state index contributed by atoms with van der Waals surface area (Å²) < 4.78 is 0. The van der Waals surface area contributed by atoms with Gasteiger partial charge in [0, 0.05) is 18.2 Å². The van der Waals surface area contributed by atoms with E-state index in [-0.39, 0.29) is 29.5 Å². The molecule has 0 aliphatic heterocycles. The van der Waals surface area contributed by atoms with Gasteiger partial charge in [-0.2, -0.15) is 0 Å². The van der Waals surface area contributed by atoms with Crippen molar-refractivity contribution in [2.24, 2.45) is 11.8 Å². The van der Waals surface area contributed by atoms with Gasteiger partial charge in [0.05, 0.1) is 5.92 Å². The quantitative estimate of drug-likeness (QED) is 0.665. The van der Waals surface area contributed by atoms with Crippen molar-refractivity contribution in [2.75, 3.05) is 6.54 Å². The lowest BCUT2D eigenvalue weighted by Crippen LogP contribution is -2.33. The SMILES string of the molecule is O=C(NCC1CCCC1C(=O)O)c1cc(O)cc(O)c1. The van der Waals surface area contributed by atoms with Crippen LogP contribution in [0, 0.1) is 11.8 Å². The summed E-state index contributed by atoms with van der Waals surface area (Å²) >= 11 is 0. The molecule has 6 heteroatoms. The molecule has 1 fully saturated rings. The number of aliphatic carboxylic acids is 1. The van der Waals surface area contributed by atoms with Gasteiger partial charge in [-0.15, -0.1) is 0 Å². The zero-order chi connectivity index (χ0) is 14.7. The fraction of sp³-hybridized carbons (Fsp3) is 0.429. The van der Waals surface area contributed by atoms with Gasteiger partial charge in [0.1, 0.15) is 11.5 Å². The molecule has 2 rings (SSSR count). The number of benzene rings is 1. The molecule has 1 aromatic carbocycles. The second-order valence-corrected chi connectivity index (χ2v) is 5.08. The number of hydrogen-bond acceptors (Lipinski definition) is 4. The van der Waals surface area contributed by atoms with E-state index in [4.69, 9.17) is 5.11 Å². The smallest absolute Gasteiger partial charge is 0.306 e. The fourth-order valence-corrected chi connectivity index (χ4v) is 2.66. The molecule has 1 aliphatic carbocycles. The number of rotatable bonds is 4. The highest BCUT2D eigenvalue weighted by molar-refractivity contribution is 5.95. The van der Waals surface area contributed by atoms with E-state index in [1.807, 2.05) is 0 Å². The Morgan fingerprint density at radius 1 is 1.15 bits per heavy atom. The third-order valence-corrected chi connectivity index (χ3v) is 3.67. The number of carboxylic acid groups (broad SMARTS) is 1. The normalized spacial score (nSPS) is 21.6. The van der Waals surface area contributed by atoms with Crippen LogP contribution in [-0.4, -0.2) is 33.7 Å². The lowest BCUT2D eigenvalue weighted by molar-refractivity contribution is -0.142. The molecule has 0 bridgehead atoms. The topological polar surface area (TPSA) is 107 Å². The summed E-state index contributed by atoms with van der Waals surface area (Å²) in [6, 6.07) is 3.63. The van der Waals surface area contributed by atoms with Crippen molar-refractivity contribution < 1.29 is 24.9 Å². The summed E-state index contributed by atoms with van der Waals surface area (Å²) in [4.78, 5) is 22.9. The third-order valence-electron chi connectivity index (χ3n) is 3.67. The van der Waals surface area contributed by atoms with Crippen LogP contribution in [0.2, 0.25) is 0 Å². The molecular weight excluding hydrogens is 262 g/mol. The van der Waals surface area contributed by atoms with E-state index in [1.165, 1.54) is 12.1 Å². The number of nitrogens with one attached hydrogen (secondary N) is 1.